The highest BCUT2D eigenvalue weighted by Gasteiger charge is 2.38. The van der Waals surface area contributed by atoms with Crippen molar-refractivity contribution in [2.24, 2.45) is 0 Å². The maximum Gasteiger partial charge on any atom is 0.417 e. The Balaban J connectivity index is 1.04. The molecule has 4 heterocycles. The molecule has 37 heavy (non-hydrogen) atoms. The lowest BCUT2D eigenvalue weighted by Crippen LogP contribution is -2.35. The minimum absolute atomic E-state index is 0.0270. The summed E-state index contributed by atoms with van der Waals surface area (Å²) < 4.78 is 28.7. The third-order valence-corrected chi connectivity index (χ3v) is 6.80. The number of carbonyl (C=O) groups excluding carboxylic acids is 1. The third-order valence-electron chi connectivity index (χ3n) is 6.80. The molecule has 4 aliphatic rings. The van der Waals surface area contributed by atoms with E-state index in [0.717, 1.165) is 48.0 Å². The van der Waals surface area contributed by atoms with E-state index in [1.807, 2.05) is 30.4 Å². The van der Waals surface area contributed by atoms with Gasteiger partial charge in [0.2, 0.25) is 11.8 Å². The van der Waals surface area contributed by atoms with Crippen LogP contribution >= 0.6 is 0 Å². The second-order valence-corrected chi connectivity index (χ2v) is 9.30. The Bertz CT molecular complexity index is 1320. The molecule has 3 aliphatic heterocycles. The second kappa shape index (κ2) is 10.1. The number of cyclic esters (lactones) is 1. The minimum Gasteiger partial charge on any atom is -0.497 e. The Kier molecular flexibility index (Phi) is 6.40. The fraction of sp³-hybridized carbons (Fsp3) is 0.370. The maximum absolute atomic E-state index is 12.6. The number of hydrogen-bond donors (Lipinski definition) is 0. The van der Waals surface area contributed by atoms with Gasteiger partial charge in [0.15, 0.2) is 12.0 Å². The SMILES string of the molecule is COc1ccc2ncnc(OC3CCN(C[C@@H]4CN(C5=COC=C(C6=CC=CCC6)O5)C(=O)O4)C3)c2c1. The zero-order chi connectivity index (χ0) is 25.2. The molecule has 0 spiro atoms. The summed E-state index contributed by atoms with van der Waals surface area (Å²) in [4.78, 5) is 25.0. The van der Waals surface area contributed by atoms with Crippen molar-refractivity contribution in [3.8, 4) is 11.6 Å². The van der Waals surface area contributed by atoms with Crippen LogP contribution < -0.4 is 9.47 Å². The Labute approximate surface area is 214 Å². The Morgan fingerprint density at radius 2 is 2.14 bits per heavy atom. The molecular weight excluding hydrogens is 476 g/mol. The van der Waals surface area contributed by atoms with Crippen molar-refractivity contribution in [3.63, 3.8) is 0 Å². The molecule has 1 unspecified atom stereocenters. The molecule has 1 aromatic heterocycles. The lowest BCUT2D eigenvalue weighted by Gasteiger charge is -2.23. The fourth-order valence-electron chi connectivity index (χ4n) is 4.92. The highest BCUT2D eigenvalue weighted by atomic mass is 16.6. The first-order valence-electron chi connectivity index (χ1n) is 12.4. The standard InChI is InChI=1S/C27H28N4O6/c1-33-19-7-8-23-22(11-19)26(29-17-28-23)35-20-9-10-30(12-20)13-21-14-31(27(32)36-21)25-16-34-15-24(37-25)18-5-3-2-4-6-18/h2-3,5,7-8,11,15-17,20-21H,4,6,9-10,12-14H2,1H3/t20?,21-/m1/s1. The zero-order valence-corrected chi connectivity index (χ0v) is 20.5. The molecule has 0 saturated carbocycles. The van der Waals surface area contributed by atoms with Crippen LogP contribution in [0.2, 0.25) is 0 Å². The van der Waals surface area contributed by atoms with Crippen LogP contribution in [0.15, 0.2) is 72.5 Å². The average molecular weight is 505 g/mol. The Morgan fingerprint density at radius 1 is 1.19 bits per heavy atom. The van der Waals surface area contributed by atoms with E-state index in [4.69, 9.17) is 23.7 Å². The number of likely N-dealkylation sites (tertiary alicyclic amines) is 1. The molecule has 192 valence electrons. The van der Waals surface area contributed by atoms with E-state index in [1.54, 1.807) is 13.4 Å². The van der Waals surface area contributed by atoms with E-state index in [2.05, 4.69) is 20.9 Å². The van der Waals surface area contributed by atoms with Crippen LogP contribution in [0.1, 0.15) is 19.3 Å². The summed E-state index contributed by atoms with van der Waals surface area (Å²) in [7, 11) is 1.63. The van der Waals surface area contributed by atoms with Crippen molar-refractivity contribution in [1.82, 2.24) is 19.8 Å². The van der Waals surface area contributed by atoms with Crippen LogP contribution in [0.25, 0.3) is 10.9 Å². The number of amides is 1. The fourth-order valence-corrected chi connectivity index (χ4v) is 4.92. The molecule has 2 saturated heterocycles. The van der Waals surface area contributed by atoms with Crippen molar-refractivity contribution >= 4 is 17.0 Å². The van der Waals surface area contributed by atoms with Gasteiger partial charge in [0.25, 0.3) is 0 Å². The van der Waals surface area contributed by atoms with Gasteiger partial charge < -0.3 is 23.7 Å². The van der Waals surface area contributed by atoms with Crippen LogP contribution in [0.3, 0.4) is 0 Å². The second-order valence-electron chi connectivity index (χ2n) is 9.30. The van der Waals surface area contributed by atoms with E-state index in [0.29, 0.717) is 37.2 Å². The molecule has 10 heteroatoms. The van der Waals surface area contributed by atoms with Crippen LogP contribution in [0.5, 0.6) is 11.6 Å². The van der Waals surface area contributed by atoms with Gasteiger partial charge in [0.05, 0.1) is 24.6 Å². The monoisotopic (exact) mass is 504 g/mol. The lowest BCUT2D eigenvalue weighted by atomic mass is 10.0. The summed E-state index contributed by atoms with van der Waals surface area (Å²) in [5, 5.41) is 0.817. The number of benzene rings is 1. The van der Waals surface area contributed by atoms with E-state index in [9.17, 15) is 4.79 Å². The van der Waals surface area contributed by atoms with Crippen molar-refractivity contribution in [3.05, 3.63) is 72.5 Å². The van der Waals surface area contributed by atoms with Gasteiger partial charge in [-0.05, 0) is 43.0 Å². The van der Waals surface area contributed by atoms with Gasteiger partial charge in [-0.2, -0.15) is 0 Å². The summed E-state index contributed by atoms with van der Waals surface area (Å²) in [6.07, 6.45) is 12.5. The largest absolute Gasteiger partial charge is 0.497 e. The van der Waals surface area contributed by atoms with Gasteiger partial charge >= 0.3 is 6.09 Å². The molecule has 1 aromatic carbocycles. The first-order chi connectivity index (χ1) is 18.2. The Hall–Kier alpha value is -4.05. The predicted molar refractivity (Wildman–Crippen MR) is 133 cm³/mol. The van der Waals surface area contributed by atoms with Gasteiger partial charge in [-0.15, -0.1) is 0 Å². The number of fused-ring (bicyclic) bond motifs is 1. The first kappa shape index (κ1) is 23.4. The van der Waals surface area contributed by atoms with Gasteiger partial charge in [-0.3, -0.25) is 4.90 Å². The van der Waals surface area contributed by atoms with Crippen LogP contribution in [0.4, 0.5) is 4.79 Å². The molecule has 0 radical (unpaired) electrons. The maximum atomic E-state index is 12.6. The highest BCUT2D eigenvalue weighted by Crippen LogP contribution is 2.31. The molecule has 2 atom stereocenters. The van der Waals surface area contributed by atoms with Crippen LogP contribution in [-0.2, 0) is 14.2 Å². The highest BCUT2D eigenvalue weighted by molar-refractivity contribution is 5.84. The summed E-state index contributed by atoms with van der Waals surface area (Å²) in [6.45, 7) is 2.54. The Morgan fingerprint density at radius 3 is 3.00 bits per heavy atom. The number of aromatic nitrogens is 2. The quantitative estimate of drug-likeness (QED) is 0.557. The molecule has 0 bridgehead atoms. The number of rotatable bonds is 7. The van der Waals surface area contributed by atoms with Crippen molar-refractivity contribution in [2.45, 2.75) is 31.5 Å². The molecule has 2 fully saturated rings. The number of methoxy groups -OCH3 is 1. The molecule has 6 rings (SSSR count). The van der Waals surface area contributed by atoms with Gasteiger partial charge in [0.1, 0.15) is 30.5 Å². The van der Waals surface area contributed by atoms with E-state index >= 15 is 0 Å². The predicted octanol–water partition coefficient (Wildman–Crippen LogP) is 3.88. The smallest absolute Gasteiger partial charge is 0.417 e. The normalized spacial score (nSPS) is 23.6. The molecule has 10 nitrogen and oxygen atoms in total. The van der Waals surface area contributed by atoms with Crippen molar-refractivity contribution < 1.29 is 28.5 Å². The van der Waals surface area contributed by atoms with Gasteiger partial charge in [0, 0.05) is 19.6 Å². The van der Waals surface area contributed by atoms with E-state index in [1.165, 1.54) is 17.5 Å². The zero-order valence-electron chi connectivity index (χ0n) is 20.5. The van der Waals surface area contributed by atoms with Crippen molar-refractivity contribution in [1.29, 1.82) is 0 Å². The minimum atomic E-state index is -0.438. The molecule has 0 N–H and O–H groups in total. The molecule has 1 amide bonds. The number of ether oxygens (including phenoxy) is 5. The summed E-state index contributed by atoms with van der Waals surface area (Å²) >= 11 is 0. The lowest BCUT2D eigenvalue weighted by molar-refractivity contribution is 0.105. The topological polar surface area (TPSA) is 95.5 Å². The number of nitrogens with zero attached hydrogens (tertiary/aromatic N) is 4. The van der Waals surface area contributed by atoms with Crippen molar-refractivity contribution in [2.75, 3.05) is 33.3 Å². The molecule has 2 aromatic rings. The van der Waals surface area contributed by atoms with E-state index in [-0.39, 0.29) is 12.2 Å². The van der Waals surface area contributed by atoms with Gasteiger partial charge in [-0.1, -0.05) is 18.2 Å². The number of allylic oxidation sites excluding steroid dienone is 4. The molecular formula is C27H28N4O6. The summed E-state index contributed by atoms with van der Waals surface area (Å²) in [5.41, 5.74) is 1.84. The summed E-state index contributed by atoms with van der Waals surface area (Å²) in [5.74, 6) is 2.23. The van der Waals surface area contributed by atoms with E-state index < -0.39 is 6.09 Å². The van der Waals surface area contributed by atoms with Gasteiger partial charge in [-0.25, -0.2) is 19.7 Å². The third kappa shape index (κ3) is 4.97. The number of hydrogen-bond acceptors (Lipinski definition) is 9. The first-order valence-corrected chi connectivity index (χ1v) is 12.4. The number of carbonyl (C=O) groups is 1. The molecule has 1 aliphatic carbocycles. The van der Waals surface area contributed by atoms with Crippen LogP contribution in [0, 0.1) is 0 Å². The van der Waals surface area contributed by atoms with Crippen LogP contribution in [-0.4, -0.2) is 71.4 Å². The average Bonchev–Trinajstić information content (AvgIpc) is 3.54. The summed E-state index contributed by atoms with van der Waals surface area (Å²) in [6, 6.07) is 5.64.